The standard InChI is InChI=1S/C7H11NO2/c1-4-6-2-5(8-4)3-7(9)10-6/h4-6,8H,2-3H2,1H3. The van der Waals surface area contributed by atoms with E-state index in [1.807, 2.05) is 0 Å². The van der Waals surface area contributed by atoms with Gasteiger partial charge in [-0.15, -0.1) is 0 Å². The monoisotopic (exact) mass is 141 g/mol. The van der Waals surface area contributed by atoms with Crippen LogP contribution < -0.4 is 5.32 Å². The van der Waals surface area contributed by atoms with Crippen molar-refractivity contribution in [1.82, 2.24) is 5.32 Å². The number of hydrogen-bond acceptors (Lipinski definition) is 3. The third kappa shape index (κ3) is 0.814. The summed E-state index contributed by atoms with van der Waals surface area (Å²) in [6.07, 6.45) is 1.71. The minimum Gasteiger partial charge on any atom is -0.461 e. The maximum Gasteiger partial charge on any atom is 0.307 e. The van der Waals surface area contributed by atoms with Crippen molar-refractivity contribution in [3.05, 3.63) is 0 Å². The van der Waals surface area contributed by atoms with E-state index in [-0.39, 0.29) is 12.1 Å². The Kier molecular flexibility index (Phi) is 1.20. The van der Waals surface area contributed by atoms with Crippen molar-refractivity contribution >= 4 is 5.97 Å². The summed E-state index contributed by atoms with van der Waals surface area (Å²) < 4.78 is 5.09. The van der Waals surface area contributed by atoms with Crippen LogP contribution in [0.3, 0.4) is 0 Å². The highest BCUT2D eigenvalue weighted by Crippen LogP contribution is 2.24. The predicted molar refractivity (Wildman–Crippen MR) is 35.5 cm³/mol. The molecule has 0 aliphatic carbocycles. The lowest BCUT2D eigenvalue weighted by Gasteiger charge is -2.18. The first kappa shape index (κ1) is 6.16. The van der Waals surface area contributed by atoms with Crippen LogP contribution in [0.15, 0.2) is 0 Å². The van der Waals surface area contributed by atoms with E-state index < -0.39 is 0 Å². The molecule has 0 saturated carbocycles. The maximum atomic E-state index is 10.8. The number of esters is 1. The zero-order chi connectivity index (χ0) is 7.14. The van der Waals surface area contributed by atoms with Crippen LogP contribution in [-0.2, 0) is 9.53 Å². The average molecular weight is 141 g/mol. The second kappa shape index (κ2) is 1.95. The zero-order valence-electron chi connectivity index (χ0n) is 5.96. The number of ether oxygens (including phenoxy) is 1. The highest BCUT2D eigenvalue weighted by molar-refractivity contribution is 5.71. The molecule has 0 radical (unpaired) electrons. The van der Waals surface area contributed by atoms with Crippen LogP contribution in [0.1, 0.15) is 19.8 Å². The number of rotatable bonds is 0. The van der Waals surface area contributed by atoms with Gasteiger partial charge in [-0.25, -0.2) is 0 Å². The first-order valence-electron chi connectivity index (χ1n) is 3.71. The number of hydrogen-bond donors (Lipinski definition) is 1. The van der Waals surface area contributed by atoms with Crippen LogP contribution in [0.2, 0.25) is 0 Å². The van der Waals surface area contributed by atoms with Crippen molar-refractivity contribution < 1.29 is 9.53 Å². The summed E-state index contributed by atoms with van der Waals surface area (Å²) in [5.41, 5.74) is 0. The molecule has 2 aliphatic heterocycles. The van der Waals surface area contributed by atoms with Crippen molar-refractivity contribution in [3.63, 3.8) is 0 Å². The number of fused-ring (bicyclic) bond motifs is 2. The summed E-state index contributed by atoms with van der Waals surface area (Å²) in [5, 5.41) is 3.30. The van der Waals surface area contributed by atoms with Gasteiger partial charge < -0.3 is 10.1 Å². The molecule has 0 aromatic carbocycles. The molecule has 3 atom stereocenters. The Labute approximate surface area is 59.7 Å². The lowest BCUT2D eigenvalue weighted by molar-refractivity contribution is -0.151. The molecule has 3 nitrogen and oxygen atoms in total. The lowest BCUT2D eigenvalue weighted by Crippen LogP contribution is -2.28. The number of carbonyl (C=O) groups excluding carboxylic acids is 1. The summed E-state index contributed by atoms with van der Waals surface area (Å²) in [6.45, 7) is 2.06. The Morgan fingerprint density at radius 3 is 3.20 bits per heavy atom. The second-order valence-corrected chi connectivity index (χ2v) is 3.12. The largest absolute Gasteiger partial charge is 0.461 e. The Bertz CT molecular complexity index is 167. The van der Waals surface area contributed by atoms with Gasteiger partial charge in [-0.2, -0.15) is 0 Å². The molecule has 2 heterocycles. The fourth-order valence-corrected chi connectivity index (χ4v) is 1.74. The van der Waals surface area contributed by atoms with Gasteiger partial charge in [0.1, 0.15) is 6.10 Å². The summed E-state index contributed by atoms with van der Waals surface area (Å²) in [7, 11) is 0. The summed E-state index contributed by atoms with van der Waals surface area (Å²) in [4.78, 5) is 10.8. The van der Waals surface area contributed by atoms with E-state index in [4.69, 9.17) is 4.74 Å². The van der Waals surface area contributed by atoms with Crippen LogP contribution in [0.5, 0.6) is 0 Å². The molecule has 10 heavy (non-hydrogen) atoms. The first-order chi connectivity index (χ1) is 4.75. The van der Waals surface area contributed by atoms with Gasteiger partial charge in [0.2, 0.25) is 0 Å². The van der Waals surface area contributed by atoms with Crippen molar-refractivity contribution in [2.45, 2.75) is 38.0 Å². The van der Waals surface area contributed by atoms with Crippen LogP contribution in [-0.4, -0.2) is 24.2 Å². The van der Waals surface area contributed by atoms with E-state index in [0.717, 1.165) is 6.42 Å². The van der Waals surface area contributed by atoms with Gasteiger partial charge in [-0.3, -0.25) is 4.79 Å². The molecule has 3 unspecified atom stereocenters. The van der Waals surface area contributed by atoms with Crippen LogP contribution >= 0.6 is 0 Å². The summed E-state index contributed by atoms with van der Waals surface area (Å²) >= 11 is 0. The molecule has 2 aliphatic rings. The van der Waals surface area contributed by atoms with Gasteiger partial charge in [-0.05, 0) is 6.92 Å². The molecule has 1 N–H and O–H groups in total. The molecule has 0 aromatic heterocycles. The van der Waals surface area contributed by atoms with Crippen molar-refractivity contribution in [2.75, 3.05) is 0 Å². The summed E-state index contributed by atoms with van der Waals surface area (Å²) in [6, 6.07) is 0.748. The van der Waals surface area contributed by atoms with E-state index in [1.165, 1.54) is 0 Å². The second-order valence-electron chi connectivity index (χ2n) is 3.12. The van der Waals surface area contributed by atoms with Crippen LogP contribution in [0, 0.1) is 0 Å². The Morgan fingerprint density at radius 1 is 1.70 bits per heavy atom. The topological polar surface area (TPSA) is 38.3 Å². The molecule has 2 rings (SSSR count). The molecule has 2 fully saturated rings. The molecule has 2 bridgehead atoms. The SMILES string of the molecule is CC1NC2CC(=O)OC1C2. The highest BCUT2D eigenvalue weighted by Gasteiger charge is 2.38. The molecule has 0 amide bonds. The smallest absolute Gasteiger partial charge is 0.307 e. The Balaban J connectivity index is 2.13. The van der Waals surface area contributed by atoms with Crippen LogP contribution in [0.25, 0.3) is 0 Å². The van der Waals surface area contributed by atoms with Gasteiger partial charge >= 0.3 is 5.97 Å². The molecule has 56 valence electrons. The quantitative estimate of drug-likeness (QED) is 0.484. The van der Waals surface area contributed by atoms with Crippen molar-refractivity contribution in [3.8, 4) is 0 Å². The van der Waals surface area contributed by atoms with E-state index in [1.54, 1.807) is 0 Å². The molecule has 2 saturated heterocycles. The van der Waals surface area contributed by atoms with Gasteiger partial charge in [0.05, 0.1) is 6.42 Å². The summed E-state index contributed by atoms with van der Waals surface area (Å²) in [5.74, 6) is -0.0434. The van der Waals surface area contributed by atoms with Gasteiger partial charge in [0.25, 0.3) is 0 Å². The average Bonchev–Trinajstić information content (AvgIpc) is 2.07. The minimum absolute atomic E-state index is 0.0434. The van der Waals surface area contributed by atoms with Gasteiger partial charge in [0, 0.05) is 18.5 Å². The normalized spacial score (nSPS) is 45.3. The highest BCUT2D eigenvalue weighted by atomic mass is 16.5. The third-order valence-corrected chi connectivity index (χ3v) is 2.27. The van der Waals surface area contributed by atoms with Crippen molar-refractivity contribution in [2.24, 2.45) is 0 Å². The van der Waals surface area contributed by atoms with E-state index >= 15 is 0 Å². The molecule has 3 heteroatoms. The fraction of sp³-hybridized carbons (Fsp3) is 0.857. The number of nitrogens with one attached hydrogen (secondary N) is 1. The van der Waals surface area contributed by atoms with Gasteiger partial charge in [-0.1, -0.05) is 0 Å². The number of carbonyl (C=O) groups is 1. The minimum atomic E-state index is -0.0434. The van der Waals surface area contributed by atoms with E-state index in [0.29, 0.717) is 18.5 Å². The lowest BCUT2D eigenvalue weighted by atomic mass is 10.1. The van der Waals surface area contributed by atoms with Crippen LogP contribution in [0.4, 0.5) is 0 Å². The fourth-order valence-electron chi connectivity index (χ4n) is 1.74. The molecule has 0 aromatic rings. The van der Waals surface area contributed by atoms with Gasteiger partial charge in [0.15, 0.2) is 0 Å². The van der Waals surface area contributed by atoms with E-state index in [2.05, 4.69) is 12.2 Å². The maximum absolute atomic E-state index is 10.8. The predicted octanol–water partition coefficient (Wildman–Crippen LogP) is 0.0523. The van der Waals surface area contributed by atoms with E-state index in [9.17, 15) is 4.79 Å². The Hall–Kier alpha value is -0.570. The molecule has 0 spiro atoms. The zero-order valence-corrected chi connectivity index (χ0v) is 5.96. The molecular weight excluding hydrogens is 130 g/mol. The molecular formula is C7H11NO2. The first-order valence-corrected chi connectivity index (χ1v) is 3.71. The Morgan fingerprint density at radius 2 is 2.50 bits per heavy atom. The van der Waals surface area contributed by atoms with Crippen molar-refractivity contribution in [1.29, 1.82) is 0 Å². The third-order valence-electron chi connectivity index (χ3n) is 2.27.